The number of aryl methyl sites for hydroxylation is 1. The van der Waals surface area contributed by atoms with Crippen LogP contribution in [0.4, 0.5) is 4.79 Å². The smallest absolute Gasteiger partial charge is 0.317 e. The van der Waals surface area contributed by atoms with Gasteiger partial charge in [0.2, 0.25) is 0 Å². The van der Waals surface area contributed by atoms with Crippen molar-refractivity contribution in [1.82, 2.24) is 15.2 Å². The molecular weight excluding hydrogens is 266 g/mol. The van der Waals surface area contributed by atoms with E-state index in [1.54, 1.807) is 0 Å². The molecule has 0 aromatic carbocycles. The van der Waals surface area contributed by atoms with Crippen LogP contribution in [0.15, 0.2) is 18.3 Å². The minimum absolute atomic E-state index is 0.00181. The van der Waals surface area contributed by atoms with Crippen molar-refractivity contribution in [2.45, 2.75) is 39.2 Å². The van der Waals surface area contributed by atoms with E-state index in [4.69, 9.17) is 4.74 Å². The van der Waals surface area contributed by atoms with Crippen LogP contribution in [-0.2, 0) is 11.2 Å². The predicted molar refractivity (Wildman–Crippen MR) is 82.3 cm³/mol. The summed E-state index contributed by atoms with van der Waals surface area (Å²) in [6, 6.07) is 4.04. The molecule has 2 rings (SSSR count). The lowest BCUT2D eigenvalue weighted by atomic mass is 10.0. The lowest BCUT2D eigenvalue weighted by Gasteiger charge is -2.39. The van der Waals surface area contributed by atoms with Crippen molar-refractivity contribution in [3.63, 3.8) is 0 Å². The lowest BCUT2D eigenvalue weighted by molar-refractivity contribution is -0.0872. The van der Waals surface area contributed by atoms with Gasteiger partial charge in [-0.1, -0.05) is 13.0 Å². The van der Waals surface area contributed by atoms with Gasteiger partial charge in [-0.3, -0.25) is 4.98 Å². The van der Waals surface area contributed by atoms with Crippen LogP contribution < -0.4 is 5.32 Å². The molecule has 1 saturated heterocycles. The summed E-state index contributed by atoms with van der Waals surface area (Å²) in [6.07, 6.45) is 3.57. The lowest BCUT2D eigenvalue weighted by Crippen LogP contribution is -2.54. The molecule has 1 aliphatic heterocycles. The minimum Gasteiger partial charge on any atom is -0.372 e. The van der Waals surface area contributed by atoms with Crippen LogP contribution in [0.1, 0.15) is 31.5 Å². The zero-order valence-electron chi connectivity index (χ0n) is 13.2. The van der Waals surface area contributed by atoms with E-state index < -0.39 is 0 Å². The van der Waals surface area contributed by atoms with Crippen molar-refractivity contribution < 1.29 is 9.53 Å². The van der Waals surface area contributed by atoms with Gasteiger partial charge in [-0.15, -0.1) is 0 Å². The van der Waals surface area contributed by atoms with Gasteiger partial charge in [0.25, 0.3) is 0 Å². The maximum atomic E-state index is 12.2. The number of ether oxygens (including phenoxy) is 1. The molecule has 5 nitrogen and oxygen atoms in total. The van der Waals surface area contributed by atoms with E-state index in [1.165, 1.54) is 0 Å². The van der Waals surface area contributed by atoms with Gasteiger partial charge in [0, 0.05) is 25.0 Å². The normalized spacial score (nSPS) is 22.1. The number of hydrogen-bond acceptors (Lipinski definition) is 3. The largest absolute Gasteiger partial charge is 0.372 e. The third kappa shape index (κ3) is 4.43. The Balaban J connectivity index is 1.78. The van der Waals surface area contributed by atoms with E-state index >= 15 is 0 Å². The maximum Gasteiger partial charge on any atom is 0.317 e. The third-order valence-corrected chi connectivity index (χ3v) is 4.03. The summed E-state index contributed by atoms with van der Waals surface area (Å²) < 4.78 is 5.75. The first-order chi connectivity index (χ1) is 10.0. The number of aromatic nitrogens is 1. The number of nitrogens with zero attached hydrogens (tertiary/aromatic N) is 2. The molecule has 0 bridgehead atoms. The number of pyridine rings is 1. The maximum absolute atomic E-state index is 12.2. The van der Waals surface area contributed by atoms with E-state index in [-0.39, 0.29) is 11.6 Å². The second-order valence-corrected chi connectivity index (χ2v) is 5.86. The molecule has 0 unspecified atom stereocenters. The van der Waals surface area contributed by atoms with E-state index in [0.29, 0.717) is 26.2 Å². The van der Waals surface area contributed by atoms with Crippen molar-refractivity contribution >= 4 is 6.03 Å². The molecule has 1 atom stereocenters. The van der Waals surface area contributed by atoms with Crippen molar-refractivity contribution in [3.05, 3.63) is 29.6 Å². The van der Waals surface area contributed by atoms with Crippen molar-refractivity contribution in [1.29, 1.82) is 0 Å². The summed E-state index contributed by atoms with van der Waals surface area (Å²) >= 11 is 0. The molecule has 0 aliphatic carbocycles. The van der Waals surface area contributed by atoms with E-state index in [1.807, 2.05) is 24.1 Å². The van der Waals surface area contributed by atoms with Gasteiger partial charge >= 0.3 is 6.03 Å². The summed E-state index contributed by atoms with van der Waals surface area (Å²) in [7, 11) is 0. The number of hydrogen-bond donors (Lipinski definition) is 1. The number of urea groups is 1. The Morgan fingerprint density at radius 3 is 3.00 bits per heavy atom. The highest BCUT2D eigenvalue weighted by molar-refractivity contribution is 5.74. The number of carbonyl (C=O) groups is 1. The van der Waals surface area contributed by atoms with Crippen LogP contribution in [0.25, 0.3) is 0 Å². The first-order valence-electron chi connectivity index (χ1n) is 7.61. The molecule has 2 amide bonds. The first kappa shape index (κ1) is 15.8. The molecule has 1 aromatic heterocycles. The van der Waals surface area contributed by atoms with Crippen LogP contribution >= 0.6 is 0 Å². The molecule has 1 N–H and O–H groups in total. The molecule has 21 heavy (non-hydrogen) atoms. The molecule has 0 saturated carbocycles. The summed E-state index contributed by atoms with van der Waals surface area (Å²) in [5.41, 5.74) is 1.94. The zero-order chi connectivity index (χ0) is 15.3. The Morgan fingerprint density at radius 2 is 2.33 bits per heavy atom. The zero-order valence-corrected chi connectivity index (χ0v) is 13.2. The highest BCUT2D eigenvalue weighted by Crippen LogP contribution is 2.20. The van der Waals surface area contributed by atoms with Crippen molar-refractivity contribution in [2.24, 2.45) is 0 Å². The molecular formula is C16H25N3O2. The number of nitrogens with one attached hydrogen (secondary N) is 1. The van der Waals surface area contributed by atoms with Crippen molar-refractivity contribution in [3.8, 4) is 0 Å². The number of rotatable bonds is 4. The summed E-state index contributed by atoms with van der Waals surface area (Å²) in [5.74, 6) is 0. The number of carbonyl (C=O) groups excluding carboxylic acids is 1. The van der Waals surface area contributed by atoms with Gasteiger partial charge in [-0.05, 0) is 38.3 Å². The molecule has 1 aliphatic rings. The van der Waals surface area contributed by atoms with Crippen LogP contribution in [0.3, 0.4) is 0 Å². The van der Waals surface area contributed by atoms with Crippen LogP contribution in [-0.4, -0.2) is 47.8 Å². The second kappa shape index (κ2) is 6.89. The topological polar surface area (TPSA) is 54.5 Å². The molecule has 1 aromatic rings. The summed E-state index contributed by atoms with van der Waals surface area (Å²) in [6.45, 7) is 8.67. The average molecular weight is 291 g/mol. The molecule has 1 fully saturated rings. The quantitative estimate of drug-likeness (QED) is 0.924. The van der Waals surface area contributed by atoms with Crippen LogP contribution in [0.2, 0.25) is 0 Å². The van der Waals surface area contributed by atoms with Crippen LogP contribution in [0, 0.1) is 6.92 Å². The number of morpholine rings is 1. The van der Waals surface area contributed by atoms with Gasteiger partial charge in [0.1, 0.15) is 0 Å². The SMILES string of the molecule is CC[C@]1(C)CN(C(=O)NCCc2ccc(C)nc2)CCO1. The molecule has 5 heteroatoms. The van der Waals surface area contributed by atoms with Gasteiger partial charge in [-0.2, -0.15) is 0 Å². The Bertz CT molecular complexity index is 475. The minimum atomic E-state index is -0.212. The first-order valence-corrected chi connectivity index (χ1v) is 7.61. The Morgan fingerprint density at radius 1 is 1.52 bits per heavy atom. The summed E-state index contributed by atoms with van der Waals surface area (Å²) in [4.78, 5) is 18.3. The van der Waals surface area contributed by atoms with Crippen LogP contribution in [0.5, 0.6) is 0 Å². The standard InChI is InChI=1S/C16H25N3O2/c1-4-16(3)12-19(9-10-21-16)15(20)17-8-7-14-6-5-13(2)18-11-14/h5-6,11H,4,7-10,12H2,1-3H3,(H,17,20)/t16-/m1/s1. The third-order valence-electron chi connectivity index (χ3n) is 4.03. The van der Waals surface area contributed by atoms with E-state index in [2.05, 4.69) is 30.2 Å². The second-order valence-electron chi connectivity index (χ2n) is 5.86. The van der Waals surface area contributed by atoms with Gasteiger partial charge in [-0.25, -0.2) is 4.79 Å². The Hall–Kier alpha value is -1.62. The molecule has 0 radical (unpaired) electrons. The van der Waals surface area contributed by atoms with Gasteiger partial charge in [0.05, 0.1) is 18.8 Å². The fourth-order valence-electron chi connectivity index (χ4n) is 2.39. The molecule has 2 heterocycles. The Kier molecular flexibility index (Phi) is 5.17. The highest BCUT2D eigenvalue weighted by atomic mass is 16.5. The molecule has 116 valence electrons. The monoisotopic (exact) mass is 291 g/mol. The fraction of sp³-hybridized carbons (Fsp3) is 0.625. The summed E-state index contributed by atoms with van der Waals surface area (Å²) in [5, 5.41) is 2.98. The van der Waals surface area contributed by atoms with Gasteiger partial charge in [0.15, 0.2) is 0 Å². The van der Waals surface area contributed by atoms with E-state index in [9.17, 15) is 4.79 Å². The fourth-order valence-corrected chi connectivity index (χ4v) is 2.39. The molecule has 0 spiro atoms. The van der Waals surface area contributed by atoms with E-state index in [0.717, 1.165) is 24.1 Å². The predicted octanol–water partition coefficient (Wildman–Crippen LogP) is 2.14. The average Bonchev–Trinajstić information content (AvgIpc) is 2.49. The van der Waals surface area contributed by atoms with Crippen molar-refractivity contribution in [2.75, 3.05) is 26.2 Å². The Labute approximate surface area is 126 Å². The number of amides is 2. The highest BCUT2D eigenvalue weighted by Gasteiger charge is 2.32. The van der Waals surface area contributed by atoms with Gasteiger partial charge < -0.3 is 15.0 Å².